The first-order valence-corrected chi connectivity index (χ1v) is 8.87. The van der Waals surface area contributed by atoms with Crippen molar-refractivity contribution in [3.63, 3.8) is 0 Å². The first-order chi connectivity index (χ1) is 12.6. The van der Waals surface area contributed by atoms with E-state index in [1.807, 2.05) is 61.5 Å². The maximum atomic E-state index is 13.3. The normalized spacial score (nSPS) is 16.1. The number of likely N-dealkylation sites (N-methyl/N-ethyl adjacent to an activating group) is 1. The summed E-state index contributed by atoms with van der Waals surface area (Å²) < 4.78 is 5.41. The fourth-order valence-electron chi connectivity index (χ4n) is 3.27. The van der Waals surface area contributed by atoms with E-state index in [2.05, 4.69) is 17.2 Å². The molecule has 0 amide bonds. The topological polar surface area (TPSA) is 38.8 Å². The molecular weight excluding hydrogens is 324 g/mol. The number of fused-ring (bicyclic) bond motifs is 1. The third kappa shape index (κ3) is 4.00. The second kappa shape index (κ2) is 8.24. The zero-order valence-corrected chi connectivity index (χ0v) is 15.5. The molecule has 0 atom stereocenters. The van der Waals surface area contributed by atoms with Crippen LogP contribution < -0.4 is 5.11 Å². The van der Waals surface area contributed by atoms with Crippen LogP contribution in [0.25, 0.3) is 16.5 Å². The third-order valence-electron chi connectivity index (χ3n) is 4.66. The van der Waals surface area contributed by atoms with Crippen molar-refractivity contribution in [2.45, 2.75) is 0 Å². The van der Waals surface area contributed by atoms with E-state index in [1.165, 1.54) is 0 Å². The molecule has 0 saturated carbocycles. The molecule has 4 heteroatoms. The lowest BCUT2D eigenvalue weighted by atomic mass is 10.0. The van der Waals surface area contributed by atoms with Gasteiger partial charge < -0.3 is 14.7 Å². The Morgan fingerprint density at radius 1 is 1.15 bits per heavy atom. The van der Waals surface area contributed by atoms with Crippen molar-refractivity contribution >= 4 is 16.5 Å². The Morgan fingerprint density at radius 2 is 1.85 bits per heavy atom. The van der Waals surface area contributed by atoms with Crippen molar-refractivity contribution in [2.24, 2.45) is 0 Å². The molecular formula is C22H25N2O2-. The van der Waals surface area contributed by atoms with Gasteiger partial charge in [-0.05, 0) is 22.4 Å². The first kappa shape index (κ1) is 18.3. The van der Waals surface area contributed by atoms with Gasteiger partial charge >= 0.3 is 0 Å². The van der Waals surface area contributed by atoms with E-state index in [1.54, 1.807) is 0 Å². The average Bonchev–Trinajstić information content (AvgIpc) is 2.67. The second-order valence-corrected chi connectivity index (χ2v) is 6.68. The molecule has 1 fully saturated rings. The van der Waals surface area contributed by atoms with E-state index < -0.39 is 0 Å². The molecule has 0 aliphatic carbocycles. The van der Waals surface area contributed by atoms with Crippen LogP contribution in [0, 0.1) is 0 Å². The lowest BCUT2D eigenvalue weighted by molar-refractivity contribution is -0.245. The van der Waals surface area contributed by atoms with Crippen LogP contribution in [-0.2, 0) is 4.74 Å². The molecule has 0 N–H and O–H groups in total. The van der Waals surface area contributed by atoms with Gasteiger partial charge in [0.25, 0.3) is 0 Å². The Hall–Kier alpha value is -2.52. The number of rotatable bonds is 5. The van der Waals surface area contributed by atoms with E-state index in [0.717, 1.165) is 42.6 Å². The van der Waals surface area contributed by atoms with Crippen molar-refractivity contribution in [3.8, 4) is 0 Å². The summed E-state index contributed by atoms with van der Waals surface area (Å²) in [5, 5.41) is 15.5. The van der Waals surface area contributed by atoms with Gasteiger partial charge in [0, 0.05) is 45.0 Å². The van der Waals surface area contributed by atoms with Gasteiger partial charge in [0.05, 0.1) is 13.2 Å². The van der Waals surface area contributed by atoms with Crippen molar-refractivity contribution in [1.29, 1.82) is 0 Å². The molecule has 26 heavy (non-hydrogen) atoms. The molecule has 1 aliphatic heterocycles. The number of ether oxygens (including phenoxy) is 1. The van der Waals surface area contributed by atoms with Gasteiger partial charge in [-0.2, -0.15) is 0 Å². The van der Waals surface area contributed by atoms with Crippen molar-refractivity contribution in [3.05, 3.63) is 71.6 Å². The summed E-state index contributed by atoms with van der Waals surface area (Å²) in [6.45, 7) is 7.65. The standard InChI is InChI=1S/C22H26N2O2/c1-4-17(16-24-11-13-26-14-12-24)21(23(2)3)22(25)20-10-9-18-7-5-6-8-19(18)15-20/h5-10,15,25H,1,11-14,16H2,2-3H3/p-1/b22-21+. The van der Waals surface area contributed by atoms with Gasteiger partial charge in [-0.15, -0.1) is 5.73 Å². The average molecular weight is 349 g/mol. The highest BCUT2D eigenvalue weighted by Crippen LogP contribution is 2.25. The molecule has 0 aromatic heterocycles. The van der Waals surface area contributed by atoms with Gasteiger partial charge in [0.1, 0.15) is 0 Å². The SMILES string of the molecule is C=C=C(CN1CCOCC1)/C(=C(\[O-])c1ccc2ccccc2c1)N(C)C. The van der Waals surface area contributed by atoms with Crippen LogP contribution >= 0.6 is 0 Å². The molecule has 136 valence electrons. The Kier molecular flexibility index (Phi) is 5.79. The molecule has 0 bridgehead atoms. The zero-order valence-electron chi connectivity index (χ0n) is 15.5. The predicted octanol–water partition coefficient (Wildman–Crippen LogP) is 2.47. The first-order valence-electron chi connectivity index (χ1n) is 8.87. The van der Waals surface area contributed by atoms with Crippen molar-refractivity contribution in [2.75, 3.05) is 46.9 Å². The van der Waals surface area contributed by atoms with Crippen LogP contribution in [0.5, 0.6) is 0 Å². The fraction of sp³-hybridized carbons (Fsp3) is 0.318. The van der Waals surface area contributed by atoms with Crippen molar-refractivity contribution < 1.29 is 9.84 Å². The predicted molar refractivity (Wildman–Crippen MR) is 104 cm³/mol. The summed E-state index contributed by atoms with van der Waals surface area (Å²) >= 11 is 0. The summed E-state index contributed by atoms with van der Waals surface area (Å²) in [6, 6.07) is 13.9. The van der Waals surface area contributed by atoms with E-state index >= 15 is 0 Å². The van der Waals surface area contributed by atoms with Crippen LogP contribution in [0.15, 0.2) is 66.0 Å². The largest absolute Gasteiger partial charge is 0.871 e. The second-order valence-electron chi connectivity index (χ2n) is 6.68. The summed E-state index contributed by atoms with van der Waals surface area (Å²) in [4.78, 5) is 4.14. The minimum atomic E-state index is 0.000150. The highest BCUT2D eigenvalue weighted by atomic mass is 16.5. The molecule has 2 aromatic carbocycles. The Morgan fingerprint density at radius 3 is 2.50 bits per heavy atom. The summed E-state index contributed by atoms with van der Waals surface area (Å²) in [5.41, 5.74) is 5.16. The van der Waals surface area contributed by atoms with Gasteiger partial charge in [0.15, 0.2) is 0 Å². The highest BCUT2D eigenvalue weighted by molar-refractivity contribution is 5.85. The van der Waals surface area contributed by atoms with Crippen LogP contribution in [-0.4, -0.2) is 56.7 Å². The number of hydrogen-bond donors (Lipinski definition) is 0. The highest BCUT2D eigenvalue weighted by Gasteiger charge is 2.16. The third-order valence-corrected chi connectivity index (χ3v) is 4.66. The van der Waals surface area contributed by atoms with E-state index in [-0.39, 0.29) is 5.76 Å². The summed E-state index contributed by atoms with van der Waals surface area (Å²) in [7, 11) is 3.79. The maximum absolute atomic E-state index is 13.3. The summed E-state index contributed by atoms with van der Waals surface area (Å²) in [5.74, 6) is 0.000150. The van der Waals surface area contributed by atoms with E-state index in [0.29, 0.717) is 17.8 Å². The van der Waals surface area contributed by atoms with E-state index in [9.17, 15) is 5.11 Å². The Labute approximate surface area is 155 Å². The molecule has 3 rings (SSSR count). The van der Waals surface area contributed by atoms with Gasteiger partial charge in [-0.25, -0.2) is 0 Å². The Balaban J connectivity index is 1.98. The number of hydrogen-bond acceptors (Lipinski definition) is 4. The van der Waals surface area contributed by atoms with Crippen molar-refractivity contribution in [1.82, 2.24) is 9.80 Å². The Bertz CT molecular complexity index is 857. The lowest BCUT2D eigenvalue weighted by Gasteiger charge is -2.32. The van der Waals surface area contributed by atoms with Gasteiger partial charge in [0.2, 0.25) is 0 Å². The van der Waals surface area contributed by atoms with Gasteiger partial charge in [-0.3, -0.25) is 4.90 Å². The zero-order chi connectivity index (χ0) is 18.5. The molecule has 1 aliphatic rings. The molecule has 0 spiro atoms. The quantitative estimate of drug-likeness (QED) is 0.472. The minimum absolute atomic E-state index is 0.000150. The maximum Gasteiger partial charge on any atom is 0.0594 e. The number of benzene rings is 2. The molecule has 0 radical (unpaired) electrons. The molecule has 2 aromatic rings. The molecule has 1 saturated heterocycles. The number of nitrogens with zero attached hydrogens (tertiary/aromatic N) is 2. The van der Waals surface area contributed by atoms with Crippen LogP contribution in [0.3, 0.4) is 0 Å². The molecule has 0 unspecified atom stereocenters. The monoisotopic (exact) mass is 349 g/mol. The number of morpholine rings is 1. The molecule has 4 nitrogen and oxygen atoms in total. The fourth-order valence-corrected chi connectivity index (χ4v) is 3.27. The van der Waals surface area contributed by atoms with Crippen LogP contribution in [0.1, 0.15) is 5.56 Å². The van der Waals surface area contributed by atoms with E-state index in [4.69, 9.17) is 4.74 Å². The smallest absolute Gasteiger partial charge is 0.0594 e. The lowest BCUT2D eigenvalue weighted by Crippen LogP contribution is -2.38. The minimum Gasteiger partial charge on any atom is -0.871 e. The summed E-state index contributed by atoms with van der Waals surface area (Å²) in [6.07, 6.45) is 0. The van der Waals surface area contributed by atoms with Crippen LogP contribution in [0.2, 0.25) is 0 Å². The molecule has 1 heterocycles. The van der Waals surface area contributed by atoms with Gasteiger partial charge in [-0.1, -0.05) is 48.7 Å². The van der Waals surface area contributed by atoms with Crippen LogP contribution in [0.4, 0.5) is 0 Å².